The quantitative estimate of drug-likeness (QED) is 0.909. The van der Waals surface area contributed by atoms with Crippen LogP contribution in [0.2, 0.25) is 0 Å². The zero-order valence-electron chi connectivity index (χ0n) is 9.83. The second kappa shape index (κ2) is 5.36. The minimum Gasteiger partial charge on any atom is -0.371 e. The van der Waals surface area contributed by atoms with Gasteiger partial charge in [-0.1, -0.05) is 12.1 Å². The Balaban J connectivity index is 2.12. The highest BCUT2D eigenvalue weighted by Gasteiger charge is 2.31. The minimum atomic E-state index is -1.17. The van der Waals surface area contributed by atoms with E-state index in [1.807, 2.05) is 18.2 Å². The number of alkyl halides is 1. The molecule has 0 radical (unpaired) electrons. The third kappa shape index (κ3) is 2.99. The number of anilines is 1. The fourth-order valence-electron chi connectivity index (χ4n) is 2.31. The zero-order valence-corrected chi connectivity index (χ0v) is 11.4. The van der Waals surface area contributed by atoms with Crippen molar-refractivity contribution < 1.29 is 4.39 Å². The van der Waals surface area contributed by atoms with E-state index in [1.165, 1.54) is 0 Å². The number of hydrogen-bond acceptors (Lipinski definition) is 2. The highest BCUT2D eigenvalue weighted by molar-refractivity contribution is 9.10. The molecule has 1 unspecified atom stereocenters. The SMILES string of the molecule is NCC1(F)CCCN(c2ccccc2Br)CC1. The van der Waals surface area contributed by atoms with E-state index in [0.717, 1.165) is 29.7 Å². The molecule has 2 rings (SSSR count). The van der Waals surface area contributed by atoms with Crippen molar-refractivity contribution in [3.8, 4) is 0 Å². The van der Waals surface area contributed by atoms with Gasteiger partial charge >= 0.3 is 0 Å². The topological polar surface area (TPSA) is 29.3 Å². The van der Waals surface area contributed by atoms with E-state index >= 15 is 0 Å². The molecule has 94 valence electrons. The summed E-state index contributed by atoms with van der Waals surface area (Å²) in [6.45, 7) is 1.77. The Morgan fingerprint density at radius 1 is 1.29 bits per heavy atom. The van der Waals surface area contributed by atoms with Crippen LogP contribution in [0.1, 0.15) is 19.3 Å². The largest absolute Gasteiger partial charge is 0.371 e. The summed E-state index contributed by atoms with van der Waals surface area (Å²) in [7, 11) is 0. The van der Waals surface area contributed by atoms with Gasteiger partial charge in [-0.05, 0) is 40.9 Å². The Morgan fingerprint density at radius 2 is 2.06 bits per heavy atom. The van der Waals surface area contributed by atoms with Crippen molar-refractivity contribution in [1.82, 2.24) is 0 Å². The van der Waals surface area contributed by atoms with Crippen LogP contribution in [0.4, 0.5) is 10.1 Å². The number of nitrogens with zero attached hydrogens (tertiary/aromatic N) is 1. The molecule has 0 bridgehead atoms. The first-order valence-electron chi connectivity index (χ1n) is 6.03. The lowest BCUT2D eigenvalue weighted by Gasteiger charge is -2.25. The molecule has 2 nitrogen and oxygen atoms in total. The van der Waals surface area contributed by atoms with Crippen LogP contribution < -0.4 is 10.6 Å². The molecule has 0 saturated carbocycles. The van der Waals surface area contributed by atoms with Gasteiger partial charge in [0, 0.05) is 30.5 Å². The van der Waals surface area contributed by atoms with Crippen LogP contribution in [0.25, 0.3) is 0 Å². The van der Waals surface area contributed by atoms with Crippen LogP contribution >= 0.6 is 15.9 Å². The van der Waals surface area contributed by atoms with Gasteiger partial charge < -0.3 is 10.6 Å². The predicted molar refractivity (Wildman–Crippen MR) is 73.1 cm³/mol. The average molecular weight is 301 g/mol. The highest BCUT2D eigenvalue weighted by atomic mass is 79.9. The molecule has 4 heteroatoms. The highest BCUT2D eigenvalue weighted by Crippen LogP contribution is 2.31. The molecule has 1 fully saturated rings. The third-order valence-electron chi connectivity index (χ3n) is 3.44. The molecule has 2 N–H and O–H groups in total. The van der Waals surface area contributed by atoms with Crippen molar-refractivity contribution in [1.29, 1.82) is 0 Å². The number of rotatable bonds is 2. The Bertz CT molecular complexity index is 385. The molecule has 1 aliphatic rings. The summed E-state index contributed by atoms with van der Waals surface area (Å²) in [5.74, 6) is 0. The van der Waals surface area contributed by atoms with Gasteiger partial charge in [0.15, 0.2) is 0 Å². The van der Waals surface area contributed by atoms with E-state index in [4.69, 9.17) is 5.73 Å². The van der Waals surface area contributed by atoms with Gasteiger partial charge in [0.2, 0.25) is 0 Å². The Labute approximate surface area is 110 Å². The maximum absolute atomic E-state index is 14.2. The van der Waals surface area contributed by atoms with Crippen LogP contribution in [0.3, 0.4) is 0 Å². The number of hydrogen-bond donors (Lipinski definition) is 1. The van der Waals surface area contributed by atoms with Gasteiger partial charge in [-0.25, -0.2) is 4.39 Å². The maximum Gasteiger partial charge on any atom is 0.124 e. The van der Waals surface area contributed by atoms with Gasteiger partial charge in [0.25, 0.3) is 0 Å². The standard InChI is InChI=1S/C13H18BrFN2/c14-11-4-1-2-5-12(11)17-8-3-6-13(15,10-16)7-9-17/h1-2,4-5H,3,6-10,16H2. The maximum atomic E-state index is 14.2. The molecule has 1 heterocycles. The first kappa shape index (κ1) is 12.8. The van der Waals surface area contributed by atoms with Crippen molar-refractivity contribution in [3.05, 3.63) is 28.7 Å². The molecule has 0 aromatic heterocycles. The van der Waals surface area contributed by atoms with Crippen LogP contribution in [-0.2, 0) is 0 Å². The third-order valence-corrected chi connectivity index (χ3v) is 4.11. The van der Waals surface area contributed by atoms with Crippen molar-refractivity contribution in [2.75, 3.05) is 24.5 Å². The second-order valence-corrected chi connectivity index (χ2v) is 5.50. The van der Waals surface area contributed by atoms with Crippen LogP contribution in [0, 0.1) is 0 Å². The van der Waals surface area contributed by atoms with E-state index in [0.29, 0.717) is 12.8 Å². The van der Waals surface area contributed by atoms with Gasteiger partial charge in [-0.2, -0.15) is 0 Å². The van der Waals surface area contributed by atoms with E-state index < -0.39 is 5.67 Å². The van der Waals surface area contributed by atoms with E-state index in [1.54, 1.807) is 0 Å². The summed E-state index contributed by atoms with van der Waals surface area (Å²) in [6, 6.07) is 8.09. The summed E-state index contributed by atoms with van der Waals surface area (Å²) in [5, 5.41) is 0. The van der Waals surface area contributed by atoms with E-state index in [9.17, 15) is 4.39 Å². The van der Waals surface area contributed by atoms with Gasteiger partial charge in [-0.15, -0.1) is 0 Å². The van der Waals surface area contributed by atoms with Crippen molar-refractivity contribution in [3.63, 3.8) is 0 Å². The summed E-state index contributed by atoms with van der Waals surface area (Å²) < 4.78 is 15.3. The van der Waals surface area contributed by atoms with E-state index in [2.05, 4.69) is 26.9 Å². The lowest BCUT2D eigenvalue weighted by molar-refractivity contribution is 0.155. The monoisotopic (exact) mass is 300 g/mol. The predicted octanol–water partition coefficient (Wildman–Crippen LogP) is 3.11. The lowest BCUT2D eigenvalue weighted by atomic mass is 9.97. The molecule has 0 aliphatic carbocycles. The van der Waals surface area contributed by atoms with Gasteiger partial charge in [0.1, 0.15) is 5.67 Å². The molecule has 1 saturated heterocycles. The smallest absolute Gasteiger partial charge is 0.124 e. The fraction of sp³-hybridized carbons (Fsp3) is 0.538. The first-order chi connectivity index (χ1) is 8.14. The number of halogens is 2. The van der Waals surface area contributed by atoms with Crippen molar-refractivity contribution in [2.24, 2.45) is 5.73 Å². The van der Waals surface area contributed by atoms with Gasteiger partial charge in [0.05, 0.1) is 5.69 Å². The molecular weight excluding hydrogens is 283 g/mol. The molecule has 1 atom stereocenters. The number of para-hydroxylation sites is 1. The molecule has 1 aliphatic heterocycles. The summed E-state index contributed by atoms with van der Waals surface area (Å²) in [6.07, 6.45) is 1.95. The number of nitrogens with two attached hydrogens (primary N) is 1. The summed E-state index contributed by atoms with van der Waals surface area (Å²) >= 11 is 3.54. The van der Waals surface area contributed by atoms with E-state index in [-0.39, 0.29) is 6.54 Å². The molecule has 1 aromatic carbocycles. The summed E-state index contributed by atoms with van der Waals surface area (Å²) in [4.78, 5) is 2.24. The molecule has 0 spiro atoms. The summed E-state index contributed by atoms with van der Waals surface area (Å²) in [5.41, 5.74) is 5.49. The Morgan fingerprint density at radius 3 is 2.76 bits per heavy atom. The molecular formula is C13H18BrFN2. The van der Waals surface area contributed by atoms with Crippen LogP contribution in [-0.4, -0.2) is 25.3 Å². The van der Waals surface area contributed by atoms with Crippen molar-refractivity contribution in [2.45, 2.75) is 24.9 Å². The average Bonchev–Trinajstić information content (AvgIpc) is 2.53. The fourth-order valence-corrected chi connectivity index (χ4v) is 2.85. The lowest BCUT2D eigenvalue weighted by Crippen LogP contribution is -2.34. The van der Waals surface area contributed by atoms with Crippen LogP contribution in [0.15, 0.2) is 28.7 Å². The van der Waals surface area contributed by atoms with Crippen LogP contribution in [0.5, 0.6) is 0 Å². The second-order valence-electron chi connectivity index (χ2n) is 4.65. The Hall–Kier alpha value is -0.610. The van der Waals surface area contributed by atoms with Crippen molar-refractivity contribution >= 4 is 21.6 Å². The molecule has 0 amide bonds. The normalized spacial score (nSPS) is 25.7. The number of benzene rings is 1. The first-order valence-corrected chi connectivity index (χ1v) is 6.82. The van der Waals surface area contributed by atoms with Gasteiger partial charge in [-0.3, -0.25) is 0 Å². The minimum absolute atomic E-state index is 0.136. The Kier molecular flexibility index (Phi) is 4.05. The molecule has 17 heavy (non-hydrogen) atoms. The zero-order chi connectivity index (χ0) is 12.3. The molecule has 1 aromatic rings.